The second-order valence-corrected chi connectivity index (χ2v) is 9.35. The number of fused-ring (bicyclic) bond motifs is 1. The highest BCUT2D eigenvalue weighted by molar-refractivity contribution is 5.98. The molecule has 6 nitrogen and oxygen atoms in total. The van der Waals surface area contributed by atoms with Crippen LogP contribution in [0.15, 0.2) is 54.9 Å². The summed E-state index contributed by atoms with van der Waals surface area (Å²) in [5.41, 5.74) is 8.60. The summed E-state index contributed by atoms with van der Waals surface area (Å²) in [5.74, 6) is 1.50. The van der Waals surface area contributed by atoms with Gasteiger partial charge in [-0.25, -0.2) is 4.98 Å². The average molecular weight is 439 g/mol. The van der Waals surface area contributed by atoms with Gasteiger partial charge in [-0.1, -0.05) is 12.1 Å². The van der Waals surface area contributed by atoms with Crippen molar-refractivity contribution in [3.05, 3.63) is 71.5 Å². The summed E-state index contributed by atoms with van der Waals surface area (Å²) in [6.07, 6.45) is 3.91. The number of nitrogens with one attached hydrogen (secondary N) is 1. The fourth-order valence-corrected chi connectivity index (χ4v) is 5.16. The molecule has 0 fully saturated rings. The van der Waals surface area contributed by atoms with Crippen molar-refractivity contribution >= 4 is 16.9 Å². The van der Waals surface area contributed by atoms with Crippen LogP contribution in [-0.4, -0.2) is 60.0 Å². The third-order valence-electron chi connectivity index (χ3n) is 6.76. The fraction of sp³-hybridized carbons (Fsp3) is 0.259. The number of H-pyrrole nitrogens is 1. The highest BCUT2D eigenvalue weighted by Gasteiger charge is 2.32. The Morgan fingerprint density at radius 2 is 1.94 bits per heavy atom. The van der Waals surface area contributed by atoms with Gasteiger partial charge in [-0.2, -0.15) is 0 Å². The molecule has 6 rings (SSSR count). The number of ether oxygens (including phenoxy) is 1. The first-order valence-corrected chi connectivity index (χ1v) is 11.3. The van der Waals surface area contributed by atoms with Crippen molar-refractivity contribution in [3.63, 3.8) is 0 Å². The Kier molecular flexibility index (Phi) is 4.52. The molecule has 33 heavy (non-hydrogen) atoms. The minimum Gasteiger partial charge on any atom is -0.493 e. The smallest absolute Gasteiger partial charge is 0.253 e. The van der Waals surface area contributed by atoms with Gasteiger partial charge >= 0.3 is 0 Å². The number of hydrogen-bond acceptors (Lipinski definition) is 4. The van der Waals surface area contributed by atoms with Gasteiger partial charge in [-0.3, -0.25) is 4.79 Å². The first kappa shape index (κ1) is 20.0. The van der Waals surface area contributed by atoms with Gasteiger partial charge in [0.1, 0.15) is 11.4 Å². The maximum Gasteiger partial charge on any atom is 0.253 e. The van der Waals surface area contributed by atoms with E-state index in [-0.39, 0.29) is 5.91 Å². The summed E-state index contributed by atoms with van der Waals surface area (Å²) in [5, 5.41) is 1.06. The standard InChI is InChI=1S/C27H26N4O2/c1-30(2)27(32)17-6-4-16(5-7-17)23-12-29-26-22(23)9-19(11-28-26)18-8-20-13-31(3)14-21-15-33-24(10-18)25(20)21/h4-12,21H,13-15H2,1-3H3,(H,28,29). The largest absolute Gasteiger partial charge is 0.493 e. The molecule has 1 atom stereocenters. The Morgan fingerprint density at radius 3 is 2.73 bits per heavy atom. The number of carbonyl (C=O) groups is 1. The van der Waals surface area contributed by atoms with E-state index in [1.165, 1.54) is 11.1 Å². The van der Waals surface area contributed by atoms with E-state index in [0.29, 0.717) is 11.5 Å². The monoisotopic (exact) mass is 438 g/mol. The first-order valence-electron chi connectivity index (χ1n) is 11.3. The molecule has 166 valence electrons. The lowest BCUT2D eigenvalue weighted by Gasteiger charge is -2.28. The van der Waals surface area contributed by atoms with Crippen molar-refractivity contribution in [3.8, 4) is 28.0 Å². The number of aromatic nitrogens is 2. The van der Waals surface area contributed by atoms with Crippen molar-refractivity contribution in [2.45, 2.75) is 12.5 Å². The van der Waals surface area contributed by atoms with Crippen molar-refractivity contribution < 1.29 is 9.53 Å². The molecule has 4 heterocycles. The molecule has 2 aromatic carbocycles. The number of hydrogen-bond donors (Lipinski definition) is 1. The topological polar surface area (TPSA) is 61.5 Å². The third kappa shape index (κ3) is 3.29. The van der Waals surface area contributed by atoms with Crippen molar-refractivity contribution in [1.82, 2.24) is 19.8 Å². The van der Waals surface area contributed by atoms with Gasteiger partial charge in [0.2, 0.25) is 0 Å². The summed E-state index contributed by atoms with van der Waals surface area (Å²) >= 11 is 0. The lowest BCUT2D eigenvalue weighted by Crippen LogP contribution is -2.30. The van der Waals surface area contributed by atoms with E-state index in [9.17, 15) is 4.79 Å². The molecule has 0 radical (unpaired) electrons. The number of amides is 1. The lowest BCUT2D eigenvalue weighted by atomic mass is 9.89. The number of carbonyl (C=O) groups excluding carboxylic acids is 1. The molecule has 0 aliphatic carbocycles. The molecule has 2 aromatic heterocycles. The van der Waals surface area contributed by atoms with Crippen LogP contribution in [-0.2, 0) is 6.54 Å². The summed E-state index contributed by atoms with van der Waals surface area (Å²) in [6.45, 7) is 2.76. The Hall–Kier alpha value is -3.64. The van der Waals surface area contributed by atoms with Crippen LogP contribution < -0.4 is 4.74 Å². The van der Waals surface area contributed by atoms with Gasteiger partial charge in [0, 0.05) is 73.1 Å². The third-order valence-corrected chi connectivity index (χ3v) is 6.76. The van der Waals surface area contributed by atoms with Crippen LogP contribution in [0.2, 0.25) is 0 Å². The zero-order valence-electron chi connectivity index (χ0n) is 19.1. The van der Waals surface area contributed by atoms with Crippen LogP contribution in [0.4, 0.5) is 0 Å². The van der Waals surface area contributed by atoms with E-state index in [4.69, 9.17) is 9.72 Å². The highest BCUT2D eigenvalue weighted by atomic mass is 16.5. The molecule has 1 unspecified atom stereocenters. The van der Waals surface area contributed by atoms with Crippen LogP contribution in [0.3, 0.4) is 0 Å². The maximum atomic E-state index is 12.2. The Morgan fingerprint density at radius 1 is 1.12 bits per heavy atom. The zero-order chi connectivity index (χ0) is 22.7. The van der Waals surface area contributed by atoms with Gasteiger partial charge in [0.25, 0.3) is 5.91 Å². The van der Waals surface area contributed by atoms with Crippen molar-refractivity contribution in [2.24, 2.45) is 0 Å². The molecule has 0 spiro atoms. The van der Waals surface area contributed by atoms with Crippen LogP contribution in [0.1, 0.15) is 27.4 Å². The Balaban J connectivity index is 1.40. The predicted octanol–water partition coefficient (Wildman–Crippen LogP) is 4.52. The summed E-state index contributed by atoms with van der Waals surface area (Å²) in [7, 11) is 5.70. The van der Waals surface area contributed by atoms with E-state index >= 15 is 0 Å². The number of pyridine rings is 1. The molecule has 0 saturated carbocycles. The minimum absolute atomic E-state index is 0.0000971. The normalized spacial score (nSPS) is 17.1. The first-order chi connectivity index (χ1) is 16.0. The molecule has 2 aliphatic heterocycles. The average Bonchev–Trinajstić information content (AvgIpc) is 3.43. The number of rotatable bonds is 3. The quantitative estimate of drug-likeness (QED) is 0.511. The highest BCUT2D eigenvalue weighted by Crippen LogP contribution is 2.43. The van der Waals surface area contributed by atoms with Gasteiger partial charge in [-0.05, 0) is 54.1 Å². The number of likely N-dealkylation sites (N-methyl/N-ethyl adjacent to an activating group) is 1. The van der Waals surface area contributed by atoms with Crippen LogP contribution in [0.5, 0.6) is 5.75 Å². The molecule has 6 heteroatoms. The van der Waals surface area contributed by atoms with Gasteiger partial charge in [0.15, 0.2) is 0 Å². The molecular formula is C27H26N4O2. The Labute approximate surface area is 192 Å². The molecule has 1 amide bonds. The van der Waals surface area contributed by atoms with Gasteiger partial charge in [0.05, 0.1) is 6.61 Å². The summed E-state index contributed by atoms with van der Waals surface area (Å²) in [4.78, 5) is 24.2. The van der Waals surface area contributed by atoms with E-state index in [2.05, 4.69) is 35.1 Å². The predicted molar refractivity (Wildman–Crippen MR) is 130 cm³/mol. The molecule has 0 saturated heterocycles. The second kappa shape index (κ2) is 7.46. The van der Waals surface area contributed by atoms with Crippen LogP contribution in [0.25, 0.3) is 33.3 Å². The van der Waals surface area contributed by atoms with E-state index in [1.54, 1.807) is 19.0 Å². The van der Waals surface area contributed by atoms with E-state index in [1.807, 2.05) is 36.7 Å². The van der Waals surface area contributed by atoms with Crippen molar-refractivity contribution in [1.29, 1.82) is 0 Å². The number of benzene rings is 2. The summed E-state index contributed by atoms with van der Waals surface area (Å²) in [6, 6.07) is 14.4. The zero-order valence-corrected chi connectivity index (χ0v) is 19.1. The van der Waals surface area contributed by atoms with Crippen molar-refractivity contribution in [2.75, 3.05) is 34.3 Å². The number of aromatic amines is 1. The second-order valence-electron chi connectivity index (χ2n) is 9.35. The molecule has 1 N–H and O–H groups in total. The lowest BCUT2D eigenvalue weighted by molar-refractivity contribution is 0.0827. The van der Waals surface area contributed by atoms with Gasteiger partial charge in [-0.15, -0.1) is 0 Å². The van der Waals surface area contributed by atoms with Crippen LogP contribution in [0, 0.1) is 0 Å². The molecular weight excluding hydrogens is 412 g/mol. The van der Waals surface area contributed by atoms with Crippen LogP contribution >= 0.6 is 0 Å². The van der Waals surface area contributed by atoms with Gasteiger partial charge < -0.3 is 19.5 Å². The Bertz CT molecular complexity index is 1390. The molecule has 0 bridgehead atoms. The number of nitrogens with zero attached hydrogens (tertiary/aromatic N) is 3. The SMILES string of the molecule is CN1Cc2cc(-c3cnc4[nH]cc(-c5ccc(C(=O)N(C)C)cc5)c4c3)cc3c2C(CO3)C1. The van der Waals surface area contributed by atoms with E-state index < -0.39 is 0 Å². The molecule has 2 aliphatic rings. The maximum absolute atomic E-state index is 12.2. The summed E-state index contributed by atoms with van der Waals surface area (Å²) < 4.78 is 6.06. The minimum atomic E-state index is 0.0000971. The van der Waals surface area contributed by atoms with E-state index in [0.717, 1.165) is 58.7 Å². The fourth-order valence-electron chi connectivity index (χ4n) is 5.16. The molecule has 4 aromatic rings.